The van der Waals surface area contributed by atoms with Gasteiger partial charge in [0.1, 0.15) is 11.2 Å². The van der Waals surface area contributed by atoms with Gasteiger partial charge in [0, 0.05) is 24.7 Å². The molecule has 1 heterocycles. The number of benzene rings is 1. The van der Waals surface area contributed by atoms with Crippen LogP contribution in [0.1, 0.15) is 67.0 Å². The van der Waals surface area contributed by atoms with Crippen molar-refractivity contribution in [3.05, 3.63) is 48.2 Å². The predicted octanol–water partition coefficient (Wildman–Crippen LogP) is 5.75. The molecule has 5 nitrogen and oxygen atoms in total. The largest absolute Gasteiger partial charge is 0.459 e. The molecule has 31 heavy (non-hydrogen) atoms. The zero-order valence-corrected chi connectivity index (χ0v) is 20.2. The van der Waals surface area contributed by atoms with Gasteiger partial charge in [-0.3, -0.25) is 9.59 Å². The second-order valence-corrected chi connectivity index (χ2v) is 10.1. The number of esters is 2. The first-order valence-electron chi connectivity index (χ1n) is 10.9. The summed E-state index contributed by atoms with van der Waals surface area (Å²) in [4.78, 5) is 27.1. The number of allylic oxidation sites excluding steroid dienone is 2. The quantitative estimate of drug-likeness (QED) is 0.321. The van der Waals surface area contributed by atoms with E-state index in [1.807, 2.05) is 103 Å². The lowest BCUT2D eigenvalue weighted by atomic mass is 9.79. The lowest BCUT2D eigenvalue weighted by Gasteiger charge is -2.34. The number of carbonyl (C=O) groups excluding carboxylic acids is 2. The molecule has 2 aromatic rings. The van der Waals surface area contributed by atoms with Crippen LogP contribution >= 0.6 is 0 Å². The van der Waals surface area contributed by atoms with Gasteiger partial charge in [-0.1, -0.05) is 37.3 Å². The number of ether oxygens (including phenoxy) is 2. The summed E-state index contributed by atoms with van der Waals surface area (Å²) in [6.45, 7) is 12.9. The van der Waals surface area contributed by atoms with Crippen molar-refractivity contribution in [2.45, 2.75) is 78.9 Å². The van der Waals surface area contributed by atoms with Gasteiger partial charge in [0.2, 0.25) is 0 Å². The third kappa shape index (κ3) is 6.22. The Kier molecular flexibility index (Phi) is 7.40. The standard InChI is InChI=1S/C26H37NO4/c1-9-10-13-16-26(22(28)30-24(2,3)4,23(29)31-25(5,6)7)18-20-17-19-14-11-12-15-21(19)27(20)8/h10-15,17H,9,16,18H2,1-8H3/b13-10-. The van der Waals surface area contributed by atoms with Crippen LogP contribution in [0.25, 0.3) is 10.9 Å². The van der Waals surface area contributed by atoms with Crippen LogP contribution < -0.4 is 0 Å². The maximum atomic E-state index is 13.6. The van der Waals surface area contributed by atoms with Crippen LogP contribution in [-0.4, -0.2) is 27.7 Å². The minimum Gasteiger partial charge on any atom is -0.459 e. The molecule has 1 aromatic carbocycles. The first-order valence-corrected chi connectivity index (χ1v) is 10.9. The van der Waals surface area contributed by atoms with Gasteiger partial charge in [-0.2, -0.15) is 0 Å². The molecule has 0 radical (unpaired) electrons. The molecular weight excluding hydrogens is 390 g/mol. The van der Waals surface area contributed by atoms with Crippen molar-refractivity contribution in [3.8, 4) is 0 Å². The van der Waals surface area contributed by atoms with E-state index < -0.39 is 28.6 Å². The summed E-state index contributed by atoms with van der Waals surface area (Å²) in [5.74, 6) is -1.11. The highest BCUT2D eigenvalue weighted by molar-refractivity contribution is 6.01. The molecule has 0 aliphatic rings. The number of aryl methyl sites for hydroxylation is 1. The van der Waals surface area contributed by atoms with Crippen LogP contribution in [0.15, 0.2) is 42.5 Å². The Morgan fingerprint density at radius 2 is 1.48 bits per heavy atom. The SMILES string of the molecule is CC/C=C\CC(Cc1cc2ccccc2n1C)(C(=O)OC(C)(C)C)C(=O)OC(C)(C)C. The molecule has 1 aromatic heterocycles. The average molecular weight is 428 g/mol. The van der Waals surface area contributed by atoms with Crippen molar-refractivity contribution >= 4 is 22.8 Å². The van der Waals surface area contributed by atoms with Gasteiger partial charge in [-0.05, 0) is 71.9 Å². The van der Waals surface area contributed by atoms with Crippen LogP contribution in [0.3, 0.4) is 0 Å². The first-order chi connectivity index (χ1) is 14.3. The minimum atomic E-state index is -1.48. The number of hydrogen-bond donors (Lipinski definition) is 0. The lowest BCUT2D eigenvalue weighted by Crippen LogP contribution is -2.48. The third-order valence-electron chi connectivity index (χ3n) is 4.98. The predicted molar refractivity (Wildman–Crippen MR) is 125 cm³/mol. The van der Waals surface area contributed by atoms with Crippen LogP contribution in [-0.2, 0) is 32.5 Å². The van der Waals surface area contributed by atoms with E-state index in [0.717, 1.165) is 23.0 Å². The number of fused-ring (bicyclic) bond motifs is 1. The van der Waals surface area contributed by atoms with Crippen molar-refractivity contribution in [2.24, 2.45) is 12.5 Å². The Morgan fingerprint density at radius 3 is 1.97 bits per heavy atom. The van der Waals surface area contributed by atoms with Gasteiger partial charge < -0.3 is 14.0 Å². The van der Waals surface area contributed by atoms with Crippen LogP contribution in [0, 0.1) is 5.41 Å². The van der Waals surface area contributed by atoms with Crippen molar-refractivity contribution in [1.82, 2.24) is 4.57 Å². The molecule has 0 fully saturated rings. The molecule has 0 aliphatic carbocycles. The number of hydrogen-bond acceptors (Lipinski definition) is 4. The molecule has 0 N–H and O–H groups in total. The number of rotatable bonds is 7. The minimum absolute atomic E-state index is 0.191. The van der Waals surface area contributed by atoms with Gasteiger partial charge in [-0.25, -0.2) is 0 Å². The second-order valence-electron chi connectivity index (χ2n) is 10.1. The second kappa shape index (κ2) is 9.29. The number of carbonyl (C=O) groups is 2. The highest BCUT2D eigenvalue weighted by Gasteiger charge is 2.51. The molecule has 0 saturated heterocycles. The van der Waals surface area contributed by atoms with Gasteiger partial charge in [0.25, 0.3) is 0 Å². The molecule has 0 aliphatic heterocycles. The summed E-state index contributed by atoms with van der Waals surface area (Å²) >= 11 is 0. The normalized spacial score (nSPS) is 13.0. The summed E-state index contributed by atoms with van der Waals surface area (Å²) in [6.07, 6.45) is 5.07. The Morgan fingerprint density at radius 1 is 0.935 bits per heavy atom. The number of aromatic nitrogens is 1. The van der Waals surface area contributed by atoms with E-state index in [1.54, 1.807) is 0 Å². The van der Waals surface area contributed by atoms with E-state index >= 15 is 0 Å². The maximum Gasteiger partial charge on any atom is 0.324 e. The van der Waals surface area contributed by atoms with E-state index in [1.165, 1.54) is 0 Å². The molecule has 0 spiro atoms. The van der Waals surface area contributed by atoms with Crippen molar-refractivity contribution in [3.63, 3.8) is 0 Å². The lowest BCUT2D eigenvalue weighted by molar-refractivity contribution is -0.185. The third-order valence-corrected chi connectivity index (χ3v) is 4.98. The molecule has 5 heteroatoms. The zero-order valence-electron chi connectivity index (χ0n) is 20.2. The van der Waals surface area contributed by atoms with Crippen molar-refractivity contribution in [2.75, 3.05) is 0 Å². The van der Waals surface area contributed by atoms with Gasteiger partial charge >= 0.3 is 11.9 Å². The van der Waals surface area contributed by atoms with Crippen LogP contribution in [0.2, 0.25) is 0 Å². The molecule has 2 rings (SSSR count). The first kappa shape index (κ1) is 24.7. The summed E-state index contributed by atoms with van der Waals surface area (Å²) < 4.78 is 13.6. The molecule has 170 valence electrons. The Labute approximate surface area is 186 Å². The van der Waals surface area contributed by atoms with Crippen molar-refractivity contribution < 1.29 is 19.1 Å². The van der Waals surface area contributed by atoms with Gasteiger partial charge in [0.15, 0.2) is 5.41 Å². The highest BCUT2D eigenvalue weighted by Crippen LogP contribution is 2.36. The Bertz CT molecular complexity index is 926. The van der Waals surface area contributed by atoms with Crippen LogP contribution in [0.5, 0.6) is 0 Å². The van der Waals surface area contributed by atoms with Gasteiger partial charge in [-0.15, -0.1) is 0 Å². The maximum absolute atomic E-state index is 13.6. The van der Waals surface area contributed by atoms with E-state index in [0.29, 0.717) is 0 Å². The molecule has 0 atom stereocenters. The van der Waals surface area contributed by atoms with E-state index in [9.17, 15) is 9.59 Å². The molecule has 0 bridgehead atoms. The zero-order chi connectivity index (χ0) is 23.4. The van der Waals surface area contributed by atoms with E-state index in [4.69, 9.17) is 9.47 Å². The van der Waals surface area contributed by atoms with Gasteiger partial charge in [0.05, 0.1) is 0 Å². The molecule has 0 unspecified atom stereocenters. The average Bonchev–Trinajstić information content (AvgIpc) is 2.94. The van der Waals surface area contributed by atoms with Crippen LogP contribution in [0.4, 0.5) is 0 Å². The fourth-order valence-corrected chi connectivity index (χ4v) is 3.49. The molecule has 0 saturated carbocycles. The monoisotopic (exact) mass is 427 g/mol. The number of nitrogens with zero attached hydrogens (tertiary/aromatic N) is 1. The van der Waals surface area contributed by atoms with E-state index in [2.05, 4.69) is 0 Å². The molecular formula is C26H37NO4. The smallest absolute Gasteiger partial charge is 0.324 e. The fourth-order valence-electron chi connectivity index (χ4n) is 3.49. The molecule has 0 amide bonds. The van der Waals surface area contributed by atoms with Crippen molar-refractivity contribution in [1.29, 1.82) is 0 Å². The summed E-state index contributed by atoms with van der Waals surface area (Å²) in [7, 11) is 1.95. The topological polar surface area (TPSA) is 57.5 Å². The summed E-state index contributed by atoms with van der Waals surface area (Å²) in [5.41, 5.74) is -1.00. The fraction of sp³-hybridized carbons (Fsp3) is 0.538. The highest BCUT2D eigenvalue weighted by atomic mass is 16.6. The number of para-hydroxylation sites is 1. The Balaban J connectivity index is 2.62. The van der Waals surface area contributed by atoms with E-state index in [-0.39, 0.29) is 12.8 Å². The summed E-state index contributed by atoms with van der Waals surface area (Å²) in [6, 6.07) is 10.0. The Hall–Kier alpha value is -2.56. The summed E-state index contributed by atoms with van der Waals surface area (Å²) in [5, 5.41) is 1.06.